The lowest BCUT2D eigenvalue weighted by atomic mass is 9.84. The molecule has 98 valence electrons. The fourth-order valence-electron chi connectivity index (χ4n) is 3.36. The highest BCUT2D eigenvalue weighted by molar-refractivity contribution is 5.40. The topological polar surface area (TPSA) is 58.3 Å². The number of hydrogen-bond donors (Lipinski definition) is 1. The summed E-state index contributed by atoms with van der Waals surface area (Å²) in [5, 5.41) is 0. The molecular weight excluding hydrogens is 226 g/mol. The number of anilines is 2. The van der Waals surface area contributed by atoms with Gasteiger partial charge in [0.05, 0.1) is 12.4 Å². The fourth-order valence-corrected chi connectivity index (χ4v) is 3.36. The highest BCUT2D eigenvalue weighted by atomic mass is 15.2. The molecule has 18 heavy (non-hydrogen) atoms. The lowest BCUT2D eigenvalue weighted by molar-refractivity contribution is 0.102. The van der Waals surface area contributed by atoms with E-state index >= 15 is 0 Å². The predicted octanol–water partition coefficient (Wildman–Crippen LogP) is 0.979. The van der Waals surface area contributed by atoms with Crippen molar-refractivity contribution in [2.75, 3.05) is 37.3 Å². The van der Waals surface area contributed by atoms with Crippen molar-refractivity contribution in [3.63, 3.8) is 0 Å². The number of nitrogens with two attached hydrogens (primary N) is 1. The minimum atomic E-state index is 0.492. The van der Waals surface area contributed by atoms with Crippen LogP contribution >= 0.6 is 0 Å². The van der Waals surface area contributed by atoms with E-state index in [1.165, 1.54) is 25.8 Å². The molecular formula is C13H21N5. The van der Waals surface area contributed by atoms with Crippen LogP contribution in [0.2, 0.25) is 0 Å². The normalized spacial score (nSPS) is 29.1. The fraction of sp³-hybridized carbons (Fsp3) is 0.692. The highest BCUT2D eigenvalue weighted by Crippen LogP contribution is 2.31. The van der Waals surface area contributed by atoms with Gasteiger partial charge >= 0.3 is 0 Å². The molecule has 5 nitrogen and oxygen atoms in total. The Morgan fingerprint density at radius 2 is 2.11 bits per heavy atom. The van der Waals surface area contributed by atoms with Crippen molar-refractivity contribution in [3.8, 4) is 0 Å². The third kappa shape index (κ3) is 2.14. The zero-order chi connectivity index (χ0) is 12.5. The summed E-state index contributed by atoms with van der Waals surface area (Å²) < 4.78 is 0. The Kier molecular flexibility index (Phi) is 3.07. The number of piperidine rings is 2. The van der Waals surface area contributed by atoms with Gasteiger partial charge in [0.1, 0.15) is 11.6 Å². The summed E-state index contributed by atoms with van der Waals surface area (Å²) in [6.07, 6.45) is 7.33. The van der Waals surface area contributed by atoms with E-state index in [1.54, 1.807) is 12.4 Å². The summed E-state index contributed by atoms with van der Waals surface area (Å²) in [6.45, 7) is 3.43. The molecule has 3 rings (SSSR count). The van der Waals surface area contributed by atoms with Gasteiger partial charge in [-0.15, -0.1) is 0 Å². The first-order valence-electron chi connectivity index (χ1n) is 6.77. The van der Waals surface area contributed by atoms with Crippen LogP contribution in [0.25, 0.3) is 0 Å². The van der Waals surface area contributed by atoms with E-state index in [1.807, 2.05) is 0 Å². The number of fused-ring (bicyclic) bond motifs is 1. The number of rotatable bonds is 1. The largest absolute Gasteiger partial charge is 0.382 e. The Bertz CT molecular complexity index is 404. The van der Waals surface area contributed by atoms with Crippen molar-refractivity contribution in [2.24, 2.45) is 5.92 Å². The number of aromatic nitrogens is 2. The van der Waals surface area contributed by atoms with Gasteiger partial charge in [-0.05, 0) is 38.8 Å². The SMILES string of the molecule is CN1CCCC2CN(c3cnc(N)cn3)CCC21. The van der Waals surface area contributed by atoms with Crippen molar-refractivity contribution in [1.82, 2.24) is 14.9 Å². The van der Waals surface area contributed by atoms with Crippen LogP contribution in [0.4, 0.5) is 11.6 Å². The molecule has 0 bridgehead atoms. The predicted molar refractivity (Wildman–Crippen MR) is 72.4 cm³/mol. The summed E-state index contributed by atoms with van der Waals surface area (Å²) in [4.78, 5) is 13.4. The lowest BCUT2D eigenvalue weighted by Gasteiger charge is -2.46. The molecule has 1 aromatic rings. The smallest absolute Gasteiger partial charge is 0.147 e. The van der Waals surface area contributed by atoms with E-state index in [2.05, 4.69) is 26.8 Å². The van der Waals surface area contributed by atoms with Crippen LogP contribution in [0.5, 0.6) is 0 Å². The molecule has 2 fully saturated rings. The lowest BCUT2D eigenvalue weighted by Crippen LogP contribution is -2.52. The van der Waals surface area contributed by atoms with Crippen molar-refractivity contribution >= 4 is 11.6 Å². The Morgan fingerprint density at radius 3 is 2.89 bits per heavy atom. The summed E-state index contributed by atoms with van der Waals surface area (Å²) in [7, 11) is 2.26. The average Bonchev–Trinajstić information content (AvgIpc) is 2.39. The highest BCUT2D eigenvalue weighted by Gasteiger charge is 2.34. The van der Waals surface area contributed by atoms with Crippen molar-refractivity contribution in [3.05, 3.63) is 12.4 Å². The van der Waals surface area contributed by atoms with Crippen LogP contribution in [0.3, 0.4) is 0 Å². The Morgan fingerprint density at radius 1 is 1.22 bits per heavy atom. The molecule has 0 saturated carbocycles. The molecule has 0 aromatic carbocycles. The van der Waals surface area contributed by atoms with Gasteiger partial charge in [-0.1, -0.05) is 0 Å². The molecule has 2 aliphatic rings. The van der Waals surface area contributed by atoms with Crippen LogP contribution in [0.15, 0.2) is 12.4 Å². The summed E-state index contributed by atoms with van der Waals surface area (Å²) in [5.74, 6) is 2.23. The molecule has 0 spiro atoms. The van der Waals surface area contributed by atoms with Gasteiger partial charge in [0.15, 0.2) is 0 Å². The number of hydrogen-bond acceptors (Lipinski definition) is 5. The molecule has 0 aliphatic carbocycles. The van der Waals surface area contributed by atoms with E-state index in [0.717, 1.165) is 30.9 Å². The zero-order valence-electron chi connectivity index (χ0n) is 10.9. The van der Waals surface area contributed by atoms with E-state index in [0.29, 0.717) is 5.82 Å². The third-order valence-electron chi connectivity index (χ3n) is 4.33. The third-order valence-corrected chi connectivity index (χ3v) is 4.33. The Labute approximate surface area is 108 Å². The summed E-state index contributed by atoms with van der Waals surface area (Å²) >= 11 is 0. The van der Waals surface area contributed by atoms with Gasteiger partial charge in [-0.25, -0.2) is 9.97 Å². The monoisotopic (exact) mass is 247 g/mol. The Balaban J connectivity index is 1.72. The van der Waals surface area contributed by atoms with Gasteiger partial charge in [-0.2, -0.15) is 0 Å². The molecule has 3 heterocycles. The maximum Gasteiger partial charge on any atom is 0.147 e. The second-order valence-electron chi connectivity index (χ2n) is 5.48. The van der Waals surface area contributed by atoms with Gasteiger partial charge in [0.25, 0.3) is 0 Å². The van der Waals surface area contributed by atoms with Crippen LogP contribution in [0, 0.1) is 5.92 Å². The molecule has 2 saturated heterocycles. The molecule has 0 amide bonds. The van der Waals surface area contributed by atoms with E-state index in [4.69, 9.17) is 5.73 Å². The molecule has 2 aliphatic heterocycles. The maximum atomic E-state index is 5.58. The molecule has 0 radical (unpaired) electrons. The minimum Gasteiger partial charge on any atom is -0.382 e. The molecule has 5 heteroatoms. The average molecular weight is 247 g/mol. The second-order valence-corrected chi connectivity index (χ2v) is 5.48. The van der Waals surface area contributed by atoms with Crippen molar-refractivity contribution in [1.29, 1.82) is 0 Å². The van der Waals surface area contributed by atoms with Gasteiger partial charge in [0.2, 0.25) is 0 Å². The standard InChI is InChI=1S/C13H21N5/c1-17-5-2-3-10-9-18(6-4-11(10)17)13-8-15-12(14)7-16-13/h7-8,10-11H,2-6,9H2,1H3,(H2,14,15). The van der Waals surface area contributed by atoms with Crippen molar-refractivity contribution in [2.45, 2.75) is 25.3 Å². The van der Waals surface area contributed by atoms with E-state index in [-0.39, 0.29) is 0 Å². The zero-order valence-corrected chi connectivity index (χ0v) is 10.9. The van der Waals surface area contributed by atoms with E-state index < -0.39 is 0 Å². The van der Waals surface area contributed by atoms with Gasteiger partial charge < -0.3 is 15.5 Å². The number of likely N-dealkylation sites (tertiary alicyclic amines) is 1. The van der Waals surface area contributed by atoms with Gasteiger partial charge in [0, 0.05) is 19.1 Å². The van der Waals surface area contributed by atoms with Crippen LogP contribution in [-0.4, -0.2) is 47.6 Å². The summed E-state index contributed by atoms with van der Waals surface area (Å²) in [6, 6.07) is 0.761. The first kappa shape index (κ1) is 11.7. The van der Waals surface area contributed by atoms with Crippen LogP contribution in [0.1, 0.15) is 19.3 Å². The number of nitrogen functional groups attached to an aromatic ring is 1. The van der Waals surface area contributed by atoms with Crippen LogP contribution < -0.4 is 10.6 Å². The molecule has 2 N–H and O–H groups in total. The minimum absolute atomic E-state index is 0.492. The molecule has 2 atom stereocenters. The molecule has 1 aromatic heterocycles. The number of nitrogens with zero attached hydrogens (tertiary/aromatic N) is 4. The molecule has 2 unspecified atom stereocenters. The van der Waals surface area contributed by atoms with E-state index in [9.17, 15) is 0 Å². The quantitative estimate of drug-likeness (QED) is 0.801. The first-order chi connectivity index (χ1) is 8.74. The summed E-state index contributed by atoms with van der Waals surface area (Å²) in [5.41, 5.74) is 5.58. The Hall–Kier alpha value is -1.36. The van der Waals surface area contributed by atoms with Gasteiger partial charge in [-0.3, -0.25) is 0 Å². The second kappa shape index (κ2) is 4.72. The first-order valence-corrected chi connectivity index (χ1v) is 6.77. The van der Waals surface area contributed by atoms with Crippen LogP contribution in [-0.2, 0) is 0 Å². The maximum absolute atomic E-state index is 5.58. The van der Waals surface area contributed by atoms with Crippen molar-refractivity contribution < 1.29 is 0 Å².